The number of hydrogen-bond acceptors (Lipinski definition) is 4. The summed E-state index contributed by atoms with van der Waals surface area (Å²) in [7, 11) is 2.06. The first-order chi connectivity index (χ1) is 14.9. The molecule has 1 aromatic rings. The van der Waals surface area contributed by atoms with Crippen LogP contribution in [0.3, 0.4) is 0 Å². The third-order valence-corrected chi connectivity index (χ3v) is 6.80. The van der Waals surface area contributed by atoms with Gasteiger partial charge in [-0.15, -0.1) is 0 Å². The van der Waals surface area contributed by atoms with Gasteiger partial charge in [0.25, 0.3) is 11.8 Å². The number of fused-ring (bicyclic) bond motifs is 1. The number of nitrogens with one attached hydrogen (secondary N) is 3. The van der Waals surface area contributed by atoms with Crippen LogP contribution in [0.1, 0.15) is 29.6 Å². The summed E-state index contributed by atoms with van der Waals surface area (Å²) in [6.07, 6.45) is 1.73. The van der Waals surface area contributed by atoms with Gasteiger partial charge in [-0.3, -0.25) is 14.4 Å². The van der Waals surface area contributed by atoms with Crippen molar-refractivity contribution in [2.24, 2.45) is 0 Å². The van der Waals surface area contributed by atoms with E-state index >= 15 is 0 Å². The van der Waals surface area contributed by atoms with Crippen LogP contribution in [-0.2, 0) is 9.59 Å². The van der Waals surface area contributed by atoms with Crippen molar-refractivity contribution in [3.8, 4) is 0 Å². The highest BCUT2D eigenvalue weighted by molar-refractivity contribution is 5.94. The number of hydrogen-bond donors (Lipinski definition) is 3. The molecule has 4 rings (SSSR count). The van der Waals surface area contributed by atoms with E-state index in [9.17, 15) is 18.8 Å². The molecule has 9 heteroatoms. The third kappa shape index (κ3) is 5.04. The summed E-state index contributed by atoms with van der Waals surface area (Å²) in [5, 5.41) is 5.93. The number of carbonyl (C=O) groups excluding carboxylic acids is 3. The number of halogens is 1. The fraction of sp³-hybridized carbons (Fsp3) is 0.591. The molecule has 8 nitrogen and oxygen atoms in total. The molecule has 31 heavy (non-hydrogen) atoms. The van der Waals surface area contributed by atoms with Crippen molar-refractivity contribution in [3.05, 3.63) is 35.6 Å². The largest absolute Gasteiger partial charge is 0.345 e. The van der Waals surface area contributed by atoms with Crippen molar-refractivity contribution in [1.82, 2.24) is 20.4 Å². The van der Waals surface area contributed by atoms with E-state index in [1.165, 1.54) is 18.2 Å². The molecule has 0 aliphatic carbocycles. The minimum atomic E-state index is -0.452. The summed E-state index contributed by atoms with van der Waals surface area (Å²) in [4.78, 5) is 42.8. The topological polar surface area (TPSA) is 86.2 Å². The lowest BCUT2D eigenvalue weighted by Gasteiger charge is -2.35. The van der Waals surface area contributed by atoms with E-state index in [-0.39, 0.29) is 41.4 Å². The van der Waals surface area contributed by atoms with Crippen LogP contribution >= 0.6 is 0 Å². The molecule has 4 unspecified atom stereocenters. The molecule has 4 atom stereocenters. The van der Waals surface area contributed by atoms with E-state index in [2.05, 4.69) is 22.6 Å². The number of amides is 3. The second-order valence-electron chi connectivity index (χ2n) is 8.91. The Morgan fingerprint density at radius 3 is 2.77 bits per heavy atom. The minimum Gasteiger partial charge on any atom is -0.345 e. The number of rotatable bonds is 5. The molecule has 0 bridgehead atoms. The molecule has 3 saturated heterocycles. The summed E-state index contributed by atoms with van der Waals surface area (Å²) in [6.45, 7) is 4.51. The molecule has 3 heterocycles. The van der Waals surface area contributed by atoms with Gasteiger partial charge in [0.05, 0.1) is 19.1 Å². The molecule has 1 aromatic carbocycles. The minimum absolute atomic E-state index is 0.000788. The number of likely N-dealkylation sites (N-methyl/N-ethyl adjacent to an activating group) is 1. The Labute approximate surface area is 181 Å². The van der Waals surface area contributed by atoms with Gasteiger partial charge in [-0.2, -0.15) is 0 Å². The average Bonchev–Trinajstić information content (AvgIpc) is 3.18. The predicted molar refractivity (Wildman–Crippen MR) is 112 cm³/mol. The Balaban J connectivity index is 1.32. The Morgan fingerprint density at radius 2 is 2.03 bits per heavy atom. The van der Waals surface area contributed by atoms with E-state index in [4.69, 9.17) is 0 Å². The van der Waals surface area contributed by atoms with Crippen molar-refractivity contribution in [3.63, 3.8) is 0 Å². The first-order valence-electron chi connectivity index (χ1n) is 11.1. The molecule has 3 N–H and O–H groups in total. The van der Waals surface area contributed by atoms with Gasteiger partial charge >= 0.3 is 0 Å². The number of quaternary nitrogens is 1. The summed E-state index contributed by atoms with van der Waals surface area (Å²) in [5.41, 5.74) is 0.277. The molecule has 3 fully saturated rings. The first kappa shape index (κ1) is 21.7. The van der Waals surface area contributed by atoms with Gasteiger partial charge in [0.15, 0.2) is 6.04 Å². The molecule has 0 radical (unpaired) electrons. The number of piperazine rings is 2. The van der Waals surface area contributed by atoms with Crippen molar-refractivity contribution in [2.45, 2.75) is 37.4 Å². The van der Waals surface area contributed by atoms with E-state index in [0.29, 0.717) is 32.4 Å². The fourth-order valence-corrected chi connectivity index (χ4v) is 4.96. The van der Waals surface area contributed by atoms with Crippen molar-refractivity contribution < 1.29 is 23.7 Å². The summed E-state index contributed by atoms with van der Waals surface area (Å²) in [5.74, 6) is -0.604. The van der Waals surface area contributed by atoms with Crippen LogP contribution in [0, 0.1) is 5.82 Å². The van der Waals surface area contributed by atoms with E-state index in [1.807, 2.05) is 4.90 Å². The number of nitrogens with zero attached hydrogens (tertiary/aromatic N) is 2. The smallest absolute Gasteiger partial charge is 0.278 e. The molecule has 3 aliphatic heterocycles. The second-order valence-corrected chi connectivity index (χ2v) is 8.91. The maximum atomic E-state index is 13.4. The molecule has 168 valence electrons. The molecular weight excluding hydrogens is 401 g/mol. The van der Waals surface area contributed by atoms with Crippen molar-refractivity contribution >= 4 is 17.7 Å². The summed E-state index contributed by atoms with van der Waals surface area (Å²) in [6, 6.07) is 5.36. The predicted octanol–water partition coefficient (Wildman–Crippen LogP) is -1.37. The standard InChI is InChI=1S/C22H30FN5O3/c1-26-7-9-27(10-8-26)20(29)6-5-18-13-24-22(31)19-12-17(14-28(18)19)25-21(30)15-3-2-4-16(23)11-15/h2-4,11,17-19H,5-10,12-14H2,1H3,(H,24,31)(H,25,30)/p+1. The summed E-state index contributed by atoms with van der Waals surface area (Å²) < 4.78 is 13.4. The van der Waals surface area contributed by atoms with Gasteiger partial charge in [0.1, 0.15) is 11.9 Å². The molecule has 3 amide bonds. The van der Waals surface area contributed by atoms with Crippen LogP contribution in [0.2, 0.25) is 0 Å². The van der Waals surface area contributed by atoms with Crippen molar-refractivity contribution in [1.29, 1.82) is 0 Å². The van der Waals surface area contributed by atoms with Crippen LogP contribution in [-0.4, -0.2) is 92.0 Å². The van der Waals surface area contributed by atoms with Gasteiger partial charge in [-0.25, -0.2) is 4.39 Å². The van der Waals surface area contributed by atoms with E-state index < -0.39 is 5.82 Å². The number of carbonyl (C=O) groups is 3. The molecule has 0 aromatic heterocycles. The van der Waals surface area contributed by atoms with Gasteiger partial charge in [-0.05, 0) is 25.2 Å². The Bertz CT molecular complexity index is 842. The first-order valence-corrected chi connectivity index (χ1v) is 11.1. The Kier molecular flexibility index (Phi) is 6.52. The maximum absolute atomic E-state index is 13.4. The van der Waals surface area contributed by atoms with Crippen LogP contribution in [0.15, 0.2) is 24.3 Å². The maximum Gasteiger partial charge on any atom is 0.278 e. The van der Waals surface area contributed by atoms with Crippen LogP contribution in [0.5, 0.6) is 0 Å². The highest BCUT2D eigenvalue weighted by Gasteiger charge is 2.47. The lowest BCUT2D eigenvalue weighted by molar-refractivity contribution is -0.930. The number of benzene rings is 1. The average molecular weight is 433 g/mol. The zero-order valence-corrected chi connectivity index (χ0v) is 17.9. The Hall–Kier alpha value is -2.52. The molecule has 3 aliphatic rings. The highest BCUT2D eigenvalue weighted by atomic mass is 19.1. The highest BCUT2D eigenvalue weighted by Crippen LogP contribution is 2.12. The van der Waals surface area contributed by atoms with Crippen LogP contribution in [0.25, 0.3) is 0 Å². The molecule has 0 saturated carbocycles. The Morgan fingerprint density at radius 1 is 1.26 bits per heavy atom. The zero-order valence-electron chi connectivity index (χ0n) is 17.9. The summed E-state index contributed by atoms with van der Waals surface area (Å²) >= 11 is 0. The normalized spacial score (nSPS) is 28.7. The van der Waals surface area contributed by atoms with Gasteiger partial charge < -0.3 is 25.3 Å². The zero-order chi connectivity index (χ0) is 22.0. The third-order valence-electron chi connectivity index (χ3n) is 6.80. The van der Waals surface area contributed by atoms with E-state index in [1.54, 1.807) is 6.07 Å². The lowest BCUT2D eigenvalue weighted by atomic mass is 10.0. The molecular formula is C22H31FN5O3+. The second kappa shape index (κ2) is 9.32. The lowest BCUT2D eigenvalue weighted by Crippen LogP contribution is -3.21. The van der Waals surface area contributed by atoms with Crippen LogP contribution < -0.4 is 15.5 Å². The van der Waals surface area contributed by atoms with Gasteiger partial charge in [0.2, 0.25) is 5.91 Å². The van der Waals surface area contributed by atoms with Gasteiger partial charge in [0, 0.05) is 51.0 Å². The van der Waals surface area contributed by atoms with Crippen LogP contribution in [0.4, 0.5) is 4.39 Å². The monoisotopic (exact) mass is 432 g/mol. The van der Waals surface area contributed by atoms with Gasteiger partial charge in [-0.1, -0.05) is 6.07 Å². The SMILES string of the molecule is CN1CCN(C(=O)CCC2CNC(=O)C3CC(NC(=O)c4cccc(F)c4)C[NH+]23)CC1. The fourth-order valence-electron chi connectivity index (χ4n) is 4.96. The molecule has 0 spiro atoms. The quantitative estimate of drug-likeness (QED) is 0.536. The van der Waals surface area contributed by atoms with Crippen molar-refractivity contribution in [2.75, 3.05) is 46.3 Å². The van der Waals surface area contributed by atoms with E-state index in [0.717, 1.165) is 31.1 Å².